The molecule has 1 aliphatic heterocycles. The summed E-state index contributed by atoms with van der Waals surface area (Å²) in [6.07, 6.45) is 1.84. The van der Waals surface area contributed by atoms with E-state index in [1.54, 1.807) is 6.33 Å². The first-order valence-corrected chi connectivity index (χ1v) is 5.88. The molecule has 6 heteroatoms. The van der Waals surface area contributed by atoms with Gasteiger partial charge in [0.2, 0.25) is 0 Å². The zero-order valence-electron chi connectivity index (χ0n) is 10.2. The molecule has 94 valence electrons. The van der Waals surface area contributed by atoms with Gasteiger partial charge >= 0.3 is 5.97 Å². The fraction of sp³-hybridized carbons (Fsp3) is 0.727. The molecule has 2 rings (SSSR count). The normalized spacial score (nSPS) is 17.4. The Kier molecular flexibility index (Phi) is 3.42. The summed E-state index contributed by atoms with van der Waals surface area (Å²) in [4.78, 5) is 17.0. The summed E-state index contributed by atoms with van der Waals surface area (Å²) in [5, 5.41) is 12.8. The van der Waals surface area contributed by atoms with E-state index in [4.69, 9.17) is 5.11 Å². The van der Waals surface area contributed by atoms with Crippen molar-refractivity contribution in [3.63, 3.8) is 0 Å². The molecule has 0 radical (unpaired) electrons. The number of aromatic nitrogens is 3. The average Bonchev–Trinajstić information content (AvgIpc) is 2.61. The van der Waals surface area contributed by atoms with Gasteiger partial charge in [-0.3, -0.25) is 9.69 Å². The van der Waals surface area contributed by atoms with Gasteiger partial charge in [-0.2, -0.15) is 5.10 Å². The summed E-state index contributed by atoms with van der Waals surface area (Å²) < 4.78 is 1.91. The van der Waals surface area contributed by atoms with Crippen molar-refractivity contribution in [2.45, 2.75) is 32.9 Å². The summed E-state index contributed by atoms with van der Waals surface area (Å²) >= 11 is 0. The largest absolute Gasteiger partial charge is 0.481 e. The Hall–Kier alpha value is -1.43. The van der Waals surface area contributed by atoms with Crippen LogP contribution in [0.25, 0.3) is 0 Å². The van der Waals surface area contributed by atoms with Gasteiger partial charge in [0.1, 0.15) is 12.2 Å². The van der Waals surface area contributed by atoms with E-state index in [0.717, 1.165) is 25.5 Å². The van der Waals surface area contributed by atoms with Gasteiger partial charge in [-0.05, 0) is 19.8 Å². The monoisotopic (exact) mass is 238 g/mol. The quantitative estimate of drug-likeness (QED) is 0.820. The van der Waals surface area contributed by atoms with Gasteiger partial charge in [-0.25, -0.2) is 9.67 Å². The van der Waals surface area contributed by atoms with E-state index in [9.17, 15) is 4.79 Å². The summed E-state index contributed by atoms with van der Waals surface area (Å²) in [6.45, 7) is 6.59. The number of rotatable bonds is 5. The molecule has 0 spiro atoms. The van der Waals surface area contributed by atoms with Crippen LogP contribution in [0.15, 0.2) is 6.33 Å². The molecule has 1 saturated heterocycles. The van der Waals surface area contributed by atoms with E-state index in [1.165, 1.54) is 0 Å². The van der Waals surface area contributed by atoms with Crippen molar-refractivity contribution >= 4 is 5.97 Å². The first kappa shape index (κ1) is 12.0. The molecule has 6 nitrogen and oxygen atoms in total. The Morgan fingerprint density at radius 3 is 2.88 bits per heavy atom. The maximum absolute atomic E-state index is 10.5. The van der Waals surface area contributed by atoms with E-state index in [0.29, 0.717) is 12.0 Å². The second kappa shape index (κ2) is 4.83. The zero-order chi connectivity index (χ0) is 12.4. The maximum Gasteiger partial charge on any atom is 0.303 e. The molecule has 1 aromatic rings. The lowest BCUT2D eigenvalue weighted by atomic mass is 9.96. The molecule has 0 amide bonds. The first-order chi connectivity index (χ1) is 8.06. The molecule has 1 aliphatic rings. The highest BCUT2D eigenvalue weighted by Gasteiger charge is 2.29. The fourth-order valence-corrected chi connectivity index (χ4v) is 2.20. The van der Waals surface area contributed by atoms with Crippen LogP contribution in [-0.2, 0) is 11.3 Å². The Bertz CT molecular complexity index is 396. The van der Waals surface area contributed by atoms with Gasteiger partial charge in [-0.15, -0.1) is 0 Å². The average molecular weight is 238 g/mol. The Morgan fingerprint density at radius 2 is 2.29 bits per heavy atom. The van der Waals surface area contributed by atoms with Crippen LogP contribution in [0, 0.1) is 5.92 Å². The number of carbonyl (C=O) groups is 1. The molecule has 0 saturated carbocycles. The third-order valence-electron chi connectivity index (χ3n) is 3.00. The molecular weight excluding hydrogens is 220 g/mol. The second-order valence-electron chi connectivity index (χ2n) is 4.87. The van der Waals surface area contributed by atoms with Gasteiger partial charge in [0.25, 0.3) is 0 Å². The summed E-state index contributed by atoms with van der Waals surface area (Å²) in [5.74, 6) is 0.539. The molecule has 17 heavy (non-hydrogen) atoms. The van der Waals surface area contributed by atoms with E-state index in [-0.39, 0.29) is 6.42 Å². The Morgan fingerprint density at radius 1 is 1.59 bits per heavy atom. The summed E-state index contributed by atoms with van der Waals surface area (Å²) in [6, 6.07) is 0.309. The number of carboxylic acids is 1. The topological polar surface area (TPSA) is 71.2 Å². The van der Waals surface area contributed by atoms with Crippen molar-refractivity contribution in [3.8, 4) is 0 Å². The minimum atomic E-state index is -0.708. The second-order valence-corrected chi connectivity index (χ2v) is 4.87. The number of aliphatic carboxylic acids is 1. The summed E-state index contributed by atoms with van der Waals surface area (Å²) in [5.41, 5.74) is 0. The highest BCUT2D eigenvalue weighted by molar-refractivity contribution is 5.67. The van der Waals surface area contributed by atoms with Crippen LogP contribution in [0.5, 0.6) is 0 Å². The van der Waals surface area contributed by atoms with Crippen LogP contribution >= 0.6 is 0 Å². The van der Waals surface area contributed by atoms with Gasteiger partial charge in [-0.1, -0.05) is 0 Å². The molecule has 0 unspecified atom stereocenters. The molecule has 2 heterocycles. The fourth-order valence-electron chi connectivity index (χ4n) is 2.20. The van der Waals surface area contributed by atoms with Gasteiger partial charge < -0.3 is 5.11 Å². The lowest BCUT2D eigenvalue weighted by Crippen LogP contribution is -2.47. The van der Waals surface area contributed by atoms with E-state index in [2.05, 4.69) is 28.8 Å². The smallest absolute Gasteiger partial charge is 0.303 e. The Balaban J connectivity index is 1.83. The highest BCUT2D eigenvalue weighted by Crippen LogP contribution is 2.21. The van der Waals surface area contributed by atoms with Crippen molar-refractivity contribution in [2.75, 3.05) is 13.1 Å². The van der Waals surface area contributed by atoms with Crippen molar-refractivity contribution in [1.82, 2.24) is 19.7 Å². The standard InChI is InChI=1S/C11H18N4O2/c1-8(2)15-10(12-7-13-15)6-14-4-9(5-14)3-11(16)17/h7-9H,3-6H2,1-2H3,(H,16,17). The van der Waals surface area contributed by atoms with Crippen molar-refractivity contribution < 1.29 is 9.90 Å². The lowest BCUT2D eigenvalue weighted by Gasteiger charge is -2.38. The lowest BCUT2D eigenvalue weighted by molar-refractivity contribution is -0.139. The van der Waals surface area contributed by atoms with E-state index >= 15 is 0 Å². The van der Waals surface area contributed by atoms with Crippen LogP contribution in [-0.4, -0.2) is 43.8 Å². The van der Waals surface area contributed by atoms with Crippen LogP contribution in [0.1, 0.15) is 32.1 Å². The SMILES string of the molecule is CC(C)n1ncnc1CN1CC(CC(=O)O)C1. The third kappa shape index (κ3) is 2.82. The van der Waals surface area contributed by atoms with E-state index < -0.39 is 5.97 Å². The molecule has 0 atom stereocenters. The third-order valence-corrected chi connectivity index (χ3v) is 3.00. The van der Waals surface area contributed by atoms with Gasteiger partial charge in [0.05, 0.1) is 13.0 Å². The number of likely N-dealkylation sites (tertiary alicyclic amines) is 1. The van der Waals surface area contributed by atoms with E-state index in [1.807, 2.05) is 4.68 Å². The van der Waals surface area contributed by atoms with Crippen molar-refractivity contribution in [3.05, 3.63) is 12.2 Å². The van der Waals surface area contributed by atoms with Crippen LogP contribution < -0.4 is 0 Å². The molecule has 1 fully saturated rings. The molecule has 0 bridgehead atoms. The zero-order valence-corrected chi connectivity index (χ0v) is 10.2. The highest BCUT2D eigenvalue weighted by atomic mass is 16.4. The summed E-state index contributed by atoms with van der Waals surface area (Å²) in [7, 11) is 0. The molecule has 0 aliphatic carbocycles. The van der Waals surface area contributed by atoms with Crippen LogP contribution in [0.3, 0.4) is 0 Å². The molecular formula is C11H18N4O2. The van der Waals surface area contributed by atoms with Crippen LogP contribution in [0.4, 0.5) is 0 Å². The number of nitrogens with zero attached hydrogens (tertiary/aromatic N) is 4. The predicted molar refractivity (Wildman–Crippen MR) is 61.4 cm³/mol. The minimum absolute atomic E-state index is 0.271. The first-order valence-electron chi connectivity index (χ1n) is 5.88. The molecule has 1 aromatic heterocycles. The van der Waals surface area contributed by atoms with Gasteiger partial charge in [0, 0.05) is 19.1 Å². The predicted octanol–water partition coefficient (Wildman–Crippen LogP) is 0.766. The maximum atomic E-state index is 10.5. The molecule has 1 N–H and O–H groups in total. The van der Waals surface area contributed by atoms with Gasteiger partial charge in [0.15, 0.2) is 0 Å². The van der Waals surface area contributed by atoms with Crippen molar-refractivity contribution in [2.24, 2.45) is 5.92 Å². The Labute approximate surface area is 100 Å². The van der Waals surface area contributed by atoms with Crippen molar-refractivity contribution in [1.29, 1.82) is 0 Å². The minimum Gasteiger partial charge on any atom is -0.481 e. The van der Waals surface area contributed by atoms with Crippen LogP contribution in [0.2, 0.25) is 0 Å². The number of hydrogen-bond acceptors (Lipinski definition) is 4. The number of carboxylic acid groups (broad SMARTS) is 1. The number of hydrogen-bond donors (Lipinski definition) is 1. The molecule has 0 aromatic carbocycles.